The predicted molar refractivity (Wildman–Crippen MR) is 122 cm³/mol. The van der Waals surface area contributed by atoms with E-state index < -0.39 is 0 Å². The number of nitrogens with zero attached hydrogens (tertiary/aromatic N) is 6. The van der Waals surface area contributed by atoms with Gasteiger partial charge in [0, 0.05) is 45.6 Å². The molecule has 32 heavy (non-hydrogen) atoms. The molecule has 4 aromatic rings. The van der Waals surface area contributed by atoms with Crippen LogP contribution in [0.25, 0.3) is 16.0 Å². The molecule has 0 spiro atoms. The van der Waals surface area contributed by atoms with E-state index in [0.29, 0.717) is 67.6 Å². The highest BCUT2D eigenvalue weighted by Gasteiger charge is 2.23. The van der Waals surface area contributed by atoms with E-state index in [1.54, 1.807) is 16.7 Å². The van der Waals surface area contributed by atoms with Gasteiger partial charge in [0.2, 0.25) is 11.7 Å². The Bertz CT molecular complexity index is 1350. The molecule has 0 aliphatic carbocycles. The lowest BCUT2D eigenvalue weighted by molar-refractivity contribution is -0.131. The van der Waals surface area contributed by atoms with Crippen molar-refractivity contribution >= 4 is 38.9 Å². The Labute approximate surface area is 187 Å². The second kappa shape index (κ2) is 8.34. The van der Waals surface area contributed by atoms with Gasteiger partial charge in [-0.15, -0.1) is 21.5 Å². The van der Waals surface area contributed by atoms with Gasteiger partial charge in [-0.25, -0.2) is 4.39 Å². The van der Waals surface area contributed by atoms with Crippen LogP contribution in [-0.4, -0.2) is 56.2 Å². The molecule has 0 N–H and O–H groups in total. The van der Waals surface area contributed by atoms with Crippen LogP contribution in [0.2, 0.25) is 0 Å². The van der Waals surface area contributed by atoms with Gasteiger partial charge in [-0.05, 0) is 30.5 Å². The second-order valence-electron chi connectivity index (χ2n) is 7.76. The number of carbonyl (C=O) groups excluding carboxylic acids is 1. The average molecular weight is 455 g/mol. The number of anilines is 1. The van der Waals surface area contributed by atoms with Crippen molar-refractivity contribution in [3.8, 4) is 0 Å². The van der Waals surface area contributed by atoms with Crippen LogP contribution < -0.4 is 10.5 Å². The first-order valence-electron chi connectivity index (χ1n) is 10.7. The zero-order chi connectivity index (χ0) is 22.2. The molecule has 1 aliphatic heterocycles. The zero-order valence-corrected chi connectivity index (χ0v) is 18.5. The number of aromatic nitrogens is 4. The monoisotopic (exact) mass is 454 g/mol. The Morgan fingerprint density at radius 3 is 2.66 bits per heavy atom. The minimum absolute atomic E-state index is 0.0420. The second-order valence-corrected chi connectivity index (χ2v) is 8.67. The number of hydrogen-bond acceptors (Lipinski definition) is 6. The molecule has 3 aromatic heterocycles. The summed E-state index contributed by atoms with van der Waals surface area (Å²) < 4.78 is 18.2. The maximum Gasteiger partial charge on any atom is 0.272 e. The molecule has 10 heteroatoms. The number of benzene rings is 1. The molecule has 5 rings (SSSR count). The Balaban J connectivity index is 1.30. The van der Waals surface area contributed by atoms with Crippen molar-refractivity contribution in [3.63, 3.8) is 0 Å². The fourth-order valence-corrected chi connectivity index (χ4v) is 5.13. The highest BCUT2D eigenvalue weighted by Crippen LogP contribution is 2.22. The van der Waals surface area contributed by atoms with Crippen LogP contribution in [0.4, 0.5) is 10.1 Å². The summed E-state index contributed by atoms with van der Waals surface area (Å²) >= 11 is 1.40. The van der Waals surface area contributed by atoms with Gasteiger partial charge in [-0.2, -0.15) is 0 Å². The Morgan fingerprint density at radius 2 is 1.91 bits per heavy atom. The molecular weight excluding hydrogens is 431 g/mol. The minimum Gasteiger partial charge on any atom is -0.366 e. The molecule has 1 amide bonds. The Morgan fingerprint density at radius 1 is 1.12 bits per heavy atom. The summed E-state index contributed by atoms with van der Waals surface area (Å²) in [5, 5.41) is 10.4. The summed E-state index contributed by atoms with van der Waals surface area (Å²) in [6.45, 7) is 4.70. The maximum atomic E-state index is 14.0. The van der Waals surface area contributed by atoms with E-state index in [1.165, 1.54) is 17.4 Å². The fourth-order valence-electron chi connectivity index (χ4n) is 4.31. The lowest BCUT2D eigenvalue weighted by atomic mass is 10.2. The quantitative estimate of drug-likeness (QED) is 0.463. The van der Waals surface area contributed by atoms with E-state index in [4.69, 9.17) is 0 Å². The van der Waals surface area contributed by atoms with Gasteiger partial charge in [-0.1, -0.05) is 12.1 Å². The van der Waals surface area contributed by atoms with E-state index in [1.807, 2.05) is 38.6 Å². The SMILES string of the molecule is CCn1c(=O)c2sccc2n2c(CCC(=O)N3CCN(c4ccccc4F)CC3)nnc12. The molecule has 0 atom stereocenters. The van der Waals surface area contributed by atoms with Crippen molar-refractivity contribution in [3.05, 3.63) is 57.7 Å². The number of halogens is 1. The van der Waals surface area contributed by atoms with Gasteiger partial charge in [0.05, 0.1) is 11.2 Å². The van der Waals surface area contributed by atoms with Crippen molar-refractivity contribution in [2.24, 2.45) is 0 Å². The van der Waals surface area contributed by atoms with Crippen molar-refractivity contribution in [1.82, 2.24) is 24.1 Å². The number of carbonyl (C=O) groups is 1. The number of thiophene rings is 1. The summed E-state index contributed by atoms with van der Waals surface area (Å²) in [5.41, 5.74) is 1.30. The first-order chi connectivity index (χ1) is 15.6. The van der Waals surface area contributed by atoms with E-state index in [0.717, 1.165) is 5.52 Å². The normalized spacial score (nSPS) is 14.6. The molecule has 0 saturated carbocycles. The molecule has 0 unspecified atom stereocenters. The van der Waals surface area contributed by atoms with Crippen LogP contribution in [0.5, 0.6) is 0 Å². The van der Waals surface area contributed by atoms with Crippen LogP contribution in [0.3, 0.4) is 0 Å². The van der Waals surface area contributed by atoms with Gasteiger partial charge < -0.3 is 9.80 Å². The third kappa shape index (κ3) is 3.44. The predicted octanol–water partition coefficient (Wildman–Crippen LogP) is 2.55. The molecule has 8 nitrogen and oxygen atoms in total. The highest BCUT2D eigenvalue weighted by molar-refractivity contribution is 7.17. The van der Waals surface area contributed by atoms with Crippen LogP contribution in [0.1, 0.15) is 19.2 Å². The lowest BCUT2D eigenvalue weighted by Crippen LogP contribution is -2.49. The van der Waals surface area contributed by atoms with Crippen molar-refractivity contribution in [2.75, 3.05) is 31.1 Å². The van der Waals surface area contributed by atoms with Gasteiger partial charge in [-0.3, -0.25) is 18.6 Å². The molecule has 4 heterocycles. The number of piperazine rings is 1. The minimum atomic E-state index is -0.240. The van der Waals surface area contributed by atoms with E-state index in [9.17, 15) is 14.0 Å². The highest BCUT2D eigenvalue weighted by atomic mass is 32.1. The third-order valence-corrected chi connectivity index (χ3v) is 6.87. The molecule has 0 radical (unpaired) electrons. The summed E-state index contributed by atoms with van der Waals surface area (Å²) in [7, 11) is 0. The van der Waals surface area contributed by atoms with Crippen LogP contribution in [0, 0.1) is 5.82 Å². The number of hydrogen-bond donors (Lipinski definition) is 0. The number of rotatable bonds is 5. The Kier molecular flexibility index (Phi) is 5.38. The first-order valence-corrected chi connectivity index (χ1v) is 11.6. The summed E-state index contributed by atoms with van der Waals surface area (Å²) in [6, 6.07) is 8.62. The van der Waals surface area contributed by atoms with Crippen LogP contribution in [0.15, 0.2) is 40.5 Å². The van der Waals surface area contributed by atoms with Gasteiger partial charge in [0.1, 0.15) is 16.3 Å². The molecule has 1 aliphatic rings. The van der Waals surface area contributed by atoms with Gasteiger partial charge >= 0.3 is 0 Å². The van der Waals surface area contributed by atoms with Crippen molar-refractivity contribution in [1.29, 1.82) is 0 Å². The van der Waals surface area contributed by atoms with Gasteiger partial charge in [0.25, 0.3) is 5.56 Å². The third-order valence-electron chi connectivity index (χ3n) is 5.98. The largest absolute Gasteiger partial charge is 0.366 e. The molecule has 1 fully saturated rings. The Hall–Kier alpha value is -3.27. The topological polar surface area (TPSA) is 75.7 Å². The zero-order valence-electron chi connectivity index (χ0n) is 17.7. The van der Waals surface area contributed by atoms with E-state index in [-0.39, 0.29) is 17.3 Å². The number of aryl methyl sites for hydroxylation is 2. The van der Waals surface area contributed by atoms with E-state index >= 15 is 0 Å². The number of para-hydroxylation sites is 1. The summed E-state index contributed by atoms with van der Waals surface area (Å²) in [5.74, 6) is 0.977. The molecule has 0 bridgehead atoms. The molecular formula is C22H23FN6O2S. The maximum absolute atomic E-state index is 14.0. The first kappa shape index (κ1) is 20.6. The molecule has 166 valence electrons. The molecule has 1 aromatic carbocycles. The van der Waals surface area contributed by atoms with Crippen molar-refractivity contribution < 1.29 is 9.18 Å². The summed E-state index contributed by atoms with van der Waals surface area (Å²) in [6.07, 6.45) is 0.734. The van der Waals surface area contributed by atoms with Gasteiger partial charge in [0.15, 0.2) is 0 Å². The number of fused-ring (bicyclic) bond motifs is 3. The van der Waals surface area contributed by atoms with Crippen LogP contribution in [-0.2, 0) is 17.8 Å². The standard InChI is InChI=1S/C22H23FN6O2S/c1-2-28-21(31)20-17(9-14-32-20)29-18(24-25-22(28)29)7-8-19(30)27-12-10-26(11-13-27)16-6-4-3-5-15(16)23/h3-6,9,14H,2,7-8,10-13H2,1H3. The lowest BCUT2D eigenvalue weighted by Gasteiger charge is -2.36. The average Bonchev–Trinajstić information content (AvgIpc) is 3.46. The van der Waals surface area contributed by atoms with Crippen LogP contribution >= 0.6 is 11.3 Å². The number of amides is 1. The van der Waals surface area contributed by atoms with Crippen molar-refractivity contribution in [2.45, 2.75) is 26.3 Å². The van der Waals surface area contributed by atoms with E-state index in [2.05, 4.69) is 10.2 Å². The molecule has 1 saturated heterocycles. The summed E-state index contributed by atoms with van der Waals surface area (Å²) in [4.78, 5) is 29.3. The fraction of sp³-hybridized carbons (Fsp3) is 0.364. The smallest absolute Gasteiger partial charge is 0.272 e.